The molecule has 3 aliphatic carbocycles. The highest BCUT2D eigenvalue weighted by Gasteiger charge is 2.64. The van der Waals surface area contributed by atoms with Gasteiger partial charge in [0.2, 0.25) is 0 Å². The lowest BCUT2D eigenvalue weighted by Crippen LogP contribution is -2.51. The van der Waals surface area contributed by atoms with E-state index in [1.54, 1.807) is 30.3 Å². The zero-order chi connectivity index (χ0) is 14.7. The summed E-state index contributed by atoms with van der Waals surface area (Å²) in [6.07, 6.45) is 7.36. The van der Waals surface area contributed by atoms with E-state index in [1.165, 1.54) is 0 Å². The fourth-order valence-electron chi connectivity index (χ4n) is 4.66. The SMILES string of the molecule is O=C(CS(=O)(=O)c1ccccc1)C12CCC1C1C=CC2C1. The zero-order valence-corrected chi connectivity index (χ0v) is 12.6. The molecule has 3 nitrogen and oxygen atoms in total. The molecule has 0 saturated heterocycles. The molecular weight excluding hydrogens is 284 g/mol. The van der Waals surface area contributed by atoms with Crippen LogP contribution in [0.4, 0.5) is 0 Å². The predicted octanol–water partition coefficient (Wildman–Crippen LogP) is 2.63. The van der Waals surface area contributed by atoms with Crippen molar-refractivity contribution in [2.75, 3.05) is 5.75 Å². The first-order valence-electron chi connectivity index (χ1n) is 7.53. The summed E-state index contributed by atoms with van der Waals surface area (Å²) < 4.78 is 24.9. The van der Waals surface area contributed by atoms with Gasteiger partial charge < -0.3 is 0 Å². The molecule has 0 amide bonds. The summed E-state index contributed by atoms with van der Waals surface area (Å²) >= 11 is 0. The van der Waals surface area contributed by atoms with E-state index in [1.807, 2.05) is 0 Å². The maximum atomic E-state index is 12.8. The van der Waals surface area contributed by atoms with Crippen LogP contribution in [0, 0.1) is 23.2 Å². The molecule has 1 aromatic carbocycles. The topological polar surface area (TPSA) is 51.2 Å². The lowest BCUT2D eigenvalue weighted by atomic mass is 9.53. The van der Waals surface area contributed by atoms with Crippen LogP contribution in [0.2, 0.25) is 0 Å². The van der Waals surface area contributed by atoms with Gasteiger partial charge in [0.15, 0.2) is 15.6 Å². The van der Waals surface area contributed by atoms with Gasteiger partial charge in [-0.2, -0.15) is 0 Å². The Labute approximate surface area is 125 Å². The zero-order valence-electron chi connectivity index (χ0n) is 11.7. The van der Waals surface area contributed by atoms with Gasteiger partial charge in [-0.15, -0.1) is 0 Å². The summed E-state index contributed by atoms with van der Waals surface area (Å²) in [7, 11) is -3.52. The molecule has 4 heteroatoms. The number of rotatable bonds is 4. The summed E-state index contributed by atoms with van der Waals surface area (Å²) in [5, 5.41) is 0. The van der Waals surface area contributed by atoms with Crippen molar-refractivity contribution in [1.82, 2.24) is 0 Å². The van der Waals surface area contributed by atoms with Gasteiger partial charge in [-0.3, -0.25) is 4.79 Å². The molecule has 2 fully saturated rings. The molecular formula is C17H18O3S. The molecule has 21 heavy (non-hydrogen) atoms. The van der Waals surface area contributed by atoms with Gasteiger partial charge in [0, 0.05) is 5.41 Å². The highest BCUT2D eigenvalue weighted by Crippen LogP contribution is 2.67. The Bertz CT molecular complexity index is 720. The van der Waals surface area contributed by atoms with Crippen molar-refractivity contribution in [1.29, 1.82) is 0 Å². The van der Waals surface area contributed by atoms with Crippen LogP contribution in [0.1, 0.15) is 19.3 Å². The van der Waals surface area contributed by atoms with E-state index in [2.05, 4.69) is 12.2 Å². The molecule has 110 valence electrons. The quantitative estimate of drug-likeness (QED) is 0.803. The summed E-state index contributed by atoms with van der Waals surface area (Å²) in [5.74, 6) is 0.780. The summed E-state index contributed by atoms with van der Waals surface area (Å²) in [4.78, 5) is 13.0. The first-order valence-corrected chi connectivity index (χ1v) is 9.19. The molecule has 4 atom stereocenters. The summed E-state index contributed by atoms with van der Waals surface area (Å²) in [6, 6.07) is 8.31. The van der Waals surface area contributed by atoms with Crippen LogP contribution in [-0.4, -0.2) is 20.0 Å². The lowest BCUT2D eigenvalue weighted by Gasteiger charge is -2.49. The maximum absolute atomic E-state index is 12.8. The Morgan fingerprint density at radius 3 is 2.57 bits per heavy atom. The number of allylic oxidation sites excluding steroid dienone is 2. The first-order chi connectivity index (χ1) is 10.0. The molecule has 0 spiro atoms. The van der Waals surface area contributed by atoms with E-state index in [0.717, 1.165) is 19.3 Å². The molecule has 3 aliphatic rings. The van der Waals surface area contributed by atoms with Crippen molar-refractivity contribution in [3.8, 4) is 0 Å². The third-order valence-electron chi connectivity index (χ3n) is 5.77. The van der Waals surface area contributed by atoms with E-state index in [0.29, 0.717) is 11.8 Å². The van der Waals surface area contributed by atoms with Gasteiger partial charge in [0.25, 0.3) is 0 Å². The predicted molar refractivity (Wildman–Crippen MR) is 79.4 cm³/mol. The Kier molecular flexibility index (Phi) is 2.71. The van der Waals surface area contributed by atoms with Gasteiger partial charge >= 0.3 is 0 Å². The Morgan fingerprint density at radius 1 is 1.19 bits per heavy atom. The second-order valence-corrected chi connectivity index (χ2v) is 8.56. The van der Waals surface area contributed by atoms with Crippen LogP contribution in [0.5, 0.6) is 0 Å². The van der Waals surface area contributed by atoms with Gasteiger partial charge in [-0.25, -0.2) is 8.42 Å². The highest BCUT2D eigenvalue weighted by molar-refractivity contribution is 7.92. The second kappa shape index (κ2) is 4.29. The van der Waals surface area contributed by atoms with Crippen LogP contribution in [0.25, 0.3) is 0 Å². The average molecular weight is 302 g/mol. The third kappa shape index (κ3) is 1.71. The average Bonchev–Trinajstić information content (AvgIpc) is 2.94. The van der Waals surface area contributed by atoms with E-state index in [9.17, 15) is 13.2 Å². The number of fused-ring (bicyclic) bond motifs is 5. The second-order valence-electron chi connectivity index (χ2n) is 6.57. The number of carbonyl (C=O) groups excluding carboxylic acids is 1. The van der Waals surface area contributed by atoms with E-state index >= 15 is 0 Å². The van der Waals surface area contributed by atoms with Crippen molar-refractivity contribution in [3.63, 3.8) is 0 Å². The van der Waals surface area contributed by atoms with Crippen LogP contribution in [-0.2, 0) is 14.6 Å². The van der Waals surface area contributed by atoms with Crippen LogP contribution < -0.4 is 0 Å². The fourth-order valence-corrected chi connectivity index (χ4v) is 6.01. The van der Waals surface area contributed by atoms with Crippen molar-refractivity contribution < 1.29 is 13.2 Å². The lowest BCUT2D eigenvalue weighted by molar-refractivity contribution is -0.138. The number of Topliss-reactive ketones (excluding diaryl/α,β-unsaturated/α-hetero) is 1. The van der Waals surface area contributed by atoms with Gasteiger partial charge in [-0.05, 0) is 49.1 Å². The van der Waals surface area contributed by atoms with Crippen LogP contribution >= 0.6 is 0 Å². The van der Waals surface area contributed by atoms with Crippen LogP contribution in [0.15, 0.2) is 47.4 Å². The molecule has 0 N–H and O–H groups in total. The standard InChI is InChI=1S/C17H18O3S/c18-16(11-21(19,20)14-4-2-1-3-5-14)17-9-8-15(17)12-6-7-13(17)10-12/h1-7,12-13,15H,8-11H2. The monoisotopic (exact) mass is 302 g/mol. The number of ketones is 1. The van der Waals surface area contributed by atoms with Gasteiger partial charge in [-0.1, -0.05) is 30.4 Å². The van der Waals surface area contributed by atoms with E-state index in [-0.39, 0.29) is 27.8 Å². The number of hydrogen-bond acceptors (Lipinski definition) is 3. The molecule has 4 rings (SSSR count). The minimum Gasteiger partial charge on any atom is -0.298 e. The van der Waals surface area contributed by atoms with Crippen molar-refractivity contribution >= 4 is 15.6 Å². The minimum atomic E-state index is -3.52. The molecule has 2 bridgehead atoms. The largest absolute Gasteiger partial charge is 0.298 e. The summed E-state index contributed by atoms with van der Waals surface area (Å²) in [6.45, 7) is 0. The van der Waals surface area contributed by atoms with Gasteiger partial charge in [0.1, 0.15) is 5.75 Å². The highest BCUT2D eigenvalue weighted by atomic mass is 32.2. The Balaban J connectivity index is 1.61. The normalized spacial score (nSPS) is 36.3. The smallest absolute Gasteiger partial charge is 0.185 e. The maximum Gasteiger partial charge on any atom is 0.185 e. The van der Waals surface area contributed by atoms with Crippen molar-refractivity contribution in [3.05, 3.63) is 42.5 Å². The Hall–Kier alpha value is -1.42. The molecule has 0 heterocycles. The molecule has 0 aromatic heterocycles. The first kappa shape index (κ1) is 13.3. The molecule has 0 aliphatic heterocycles. The van der Waals surface area contributed by atoms with Gasteiger partial charge in [0.05, 0.1) is 4.90 Å². The molecule has 1 aromatic rings. The Morgan fingerprint density at radius 2 is 1.95 bits per heavy atom. The van der Waals surface area contributed by atoms with E-state index < -0.39 is 9.84 Å². The summed E-state index contributed by atoms with van der Waals surface area (Å²) in [5.41, 5.74) is -0.360. The molecule has 0 radical (unpaired) electrons. The third-order valence-corrected chi connectivity index (χ3v) is 7.40. The molecule has 2 saturated carbocycles. The minimum absolute atomic E-state index is 0.0561. The van der Waals surface area contributed by atoms with Crippen LogP contribution in [0.3, 0.4) is 0 Å². The number of sulfone groups is 1. The van der Waals surface area contributed by atoms with Crippen molar-refractivity contribution in [2.45, 2.75) is 24.2 Å². The molecule has 4 unspecified atom stereocenters. The van der Waals surface area contributed by atoms with Crippen molar-refractivity contribution in [2.24, 2.45) is 23.2 Å². The number of carbonyl (C=O) groups is 1. The number of benzene rings is 1. The van der Waals surface area contributed by atoms with E-state index in [4.69, 9.17) is 0 Å². The fraction of sp³-hybridized carbons (Fsp3) is 0.471. The number of hydrogen-bond donors (Lipinski definition) is 0.